The molecule has 0 atom stereocenters. The molecule has 0 amide bonds. The van der Waals surface area contributed by atoms with E-state index < -0.39 is 5.60 Å². The molecule has 0 saturated heterocycles. The van der Waals surface area contributed by atoms with Gasteiger partial charge in [0.2, 0.25) is 0 Å². The summed E-state index contributed by atoms with van der Waals surface area (Å²) in [6.07, 6.45) is 1.80. The van der Waals surface area contributed by atoms with E-state index in [9.17, 15) is 5.11 Å². The van der Waals surface area contributed by atoms with Gasteiger partial charge < -0.3 is 10.4 Å². The summed E-state index contributed by atoms with van der Waals surface area (Å²) in [7, 11) is 0. The van der Waals surface area contributed by atoms with E-state index >= 15 is 0 Å². The lowest BCUT2D eigenvalue weighted by atomic mass is 10.1. The van der Waals surface area contributed by atoms with E-state index in [1.165, 1.54) is 5.56 Å². The van der Waals surface area contributed by atoms with E-state index in [2.05, 4.69) is 28.5 Å². The third kappa shape index (κ3) is 4.47. The molecule has 1 aromatic heterocycles. The molecule has 1 aromatic carbocycles. The van der Waals surface area contributed by atoms with Crippen LogP contribution in [0.1, 0.15) is 19.4 Å². The fraction of sp³-hybridized carbons (Fsp3) is 0.312. The average molecular weight is 256 g/mol. The van der Waals surface area contributed by atoms with Crippen molar-refractivity contribution in [3.8, 4) is 11.3 Å². The third-order valence-corrected chi connectivity index (χ3v) is 2.77. The predicted molar refractivity (Wildman–Crippen MR) is 77.7 cm³/mol. The Morgan fingerprint density at radius 3 is 2.68 bits per heavy atom. The Kier molecular flexibility index (Phi) is 4.30. The van der Waals surface area contributed by atoms with Crippen LogP contribution < -0.4 is 5.32 Å². The lowest BCUT2D eigenvalue weighted by Gasteiger charge is -2.17. The molecule has 1 heterocycles. The van der Waals surface area contributed by atoms with Crippen LogP contribution in [0.2, 0.25) is 0 Å². The number of nitrogens with one attached hydrogen (secondary N) is 1. The van der Waals surface area contributed by atoms with Gasteiger partial charge in [-0.25, -0.2) is 0 Å². The monoisotopic (exact) mass is 256 g/mol. The van der Waals surface area contributed by atoms with Gasteiger partial charge in [0.25, 0.3) is 0 Å². The fourth-order valence-electron chi connectivity index (χ4n) is 1.89. The first-order valence-electron chi connectivity index (χ1n) is 6.48. The van der Waals surface area contributed by atoms with Crippen molar-refractivity contribution in [2.75, 3.05) is 6.54 Å². The summed E-state index contributed by atoms with van der Waals surface area (Å²) >= 11 is 0. The average Bonchev–Trinajstić information content (AvgIpc) is 2.39. The molecule has 0 radical (unpaired) electrons. The summed E-state index contributed by atoms with van der Waals surface area (Å²) in [5, 5.41) is 12.9. The molecule has 19 heavy (non-hydrogen) atoms. The number of aromatic nitrogens is 1. The Labute approximate surface area is 114 Å². The maximum atomic E-state index is 9.66. The zero-order valence-electron chi connectivity index (χ0n) is 11.4. The molecule has 0 aliphatic rings. The minimum Gasteiger partial charge on any atom is -0.389 e. The summed E-state index contributed by atoms with van der Waals surface area (Å²) in [6, 6.07) is 14.2. The Morgan fingerprint density at radius 2 is 2.00 bits per heavy atom. The van der Waals surface area contributed by atoms with Crippen LogP contribution in [0.4, 0.5) is 0 Å². The molecule has 0 spiro atoms. The fourth-order valence-corrected chi connectivity index (χ4v) is 1.89. The van der Waals surface area contributed by atoms with Gasteiger partial charge in [0.05, 0.1) is 11.3 Å². The van der Waals surface area contributed by atoms with Crippen LogP contribution in [0.5, 0.6) is 0 Å². The molecule has 0 saturated carbocycles. The Balaban J connectivity index is 2.04. The smallest absolute Gasteiger partial charge is 0.0715 e. The van der Waals surface area contributed by atoms with Crippen molar-refractivity contribution in [1.82, 2.24) is 10.3 Å². The highest BCUT2D eigenvalue weighted by Gasteiger charge is 2.11. The van der Waals surface area contributed by atoms with E-state index in [0.29, 0.717) is 6.54 Å². The molecule has 2 rings (SSSR count). The standard InChI is InChI=1S/C16H20N2O/c1-16(2,19)12-17-11-13-6-5-7-14(10-13)15-8-3-4-9-18-15/h3-10,17,19H,11-12H2,1-2H3. The topological polar surface area (TPSA) is 45.1 Å². The summed E-state index contributed by atoms with van der Waals surface area (Å²) in [6.45, 7) is 4.90. The van der Waals surface area contributed by atoms with E-state index in [4.69, 9.17) is 0 Å². The molecule has 0 aliphatic carbocycles. The summed E-state index contributed by atoms with van der Waals surface area (Å²) < 4.78 is 0. The van der Waals surface area contributed by atoms with Gasteiger partial charge in [0.15, 0.2) is 0 Å². The van der Waals surface area contributed by atoms with Crippen LogP contribution in [0.3, 0.4) is 0 Å². The SMILES string of the molecule is CC(C)(O)CNCc1cccc(-c2ccccn2)c1. The Hall–Kier alpha value is -1.71. The number of pyridine rings is 1. The van der Waals surface area contributed by atoms with Crippen molar-refractivity contribution in [3.63, 3.8) is 0 Å². The van der Waals surface area contributed by atoms with Crippen molar-refractivity contribution in [1.29, 1.82) is 0 Å². The van der Waals surface area contributed by atoms with E-state index in [1.807, 2.05) is 24.3 Å². The van der Waals surface area contributed by atoms with Crippen molar-refractivity contribution < 1.29 is 5.11 Å². The largest absolute Gasteiger partial charge is 0.389 e. The van der Waals surface area contributed by atoms with E-state index in [-0.39, 0.29) is 0 Å². The quantitative estimate of drug-likeness (QED) is 0.864. The van der Waals surface area contributed by atoms with Crippen LogP contribution in [0.25, 0.3) is 11.3 Å². The Bertz CT molecular complexity index is 518. The van der Waals surface area contributed by atoms with Crippen molar-refractivity contribution in [3.05, 3.63) is 54.2 Å². The molecular weight excluding hydrogens is 236 g/mol. The molecule has 0 unspecified atom stereocenters. The minimum atomic E-state index is -0.682. The summed E-state index contributed by atoms with van der Waals surface area (Å²) in [4.78, 5) is 4.35. The normalized spacial score (nSPS) is 11.5. The van der Waals surface area contributed by atoms with Gasteiger partial charge in [0.1, 0.15) is 0 Å². The lowest BCUT2D eigenvalue weighted by Crippen LogP contribution is -2.34. The molecule has 0 bridgehead atoms. The molecule has 3 heteroatoms. The number of rotatable bonds is 5. The highest BCUT2D eigenvalue weighted by atomic mass is 16.3. The molecule has 2 aromatic rings. The van der Waals surface area contributed by atoms with E-state index in [1.54, 1.807) is 20.0 Å². The second kappa shape index (κ2) is 5.95. The zero-order chi connectivity index (χ0) is 13.7. The maximum Gasteiger partial charge on any atom is 0.0715 e. The summed E-state index contributed by atoms with van der Waals surface area (Å²) in [5.74, 6) is 0. The van der Waals surface area contributed by atoms with Crippen molar-refractivity contribution in [2.24, 2.45) is 0 Å². The highest BCUT2D eigenvalue weighted by molar-refractivity contribution is 5.59. The second-order valence-corrected chi connectivity index (χ2v) is 5.33. The van der Waals surface area contributed by atoms with Gasteiger partial charge in [-0.3, -0.25) is 4.98 Å². The lowest BCUT2D eigenvalue weighted by molar-refractivity contribution is 0.0795. The van der Waals surface area contributed by atoms with E-state index in [0.717, 1.165) is 17.8 Å². The van der Waals surface area contributed by atoms with Crippen LogP contribution in [0, 0.1) is 0 Å². The maximum absolute atomic E-state index is 9.66. The first kappa shape index (κ1) is 13.7. The van der Waals surface area contributed by atoms with Gasteiger partial charge in [0, 0.05) is 24.8 Å². The van der Waals surface area contributed by atoms with Gasteiger partial charge >= 0.3 is 0 Å². The zero-order valence-corrected chi connectivity index (χ0v) is 11.4. The minimum absolute atomic E-state index is 0.570. The summed E-state index contributed by atoms with van der Waals surface area (Å²) in [5.41, 5.74) is 2.60. The highest BCUT2D eigenvalue weighted by Crippen LogP contribution is 2.17. The molecule has 3 nitrogen and oxygen atoms in total. The van der Waals surface area contributed by atoms with Crippen LogP contribution >= 0.6 is 0 Å². The molecule has 100 valence electrons. The predicted octanol–water partition coefficient (Wildman–Crippen LogP) is 2.61. The van der Waals surface area contributed by atoms with Gasteiger partial charge in [-0.1, -0.05) is 24.3 Å². The second-order valence-electron chi connectivity index (χ2n) is 5.33. The molecule has 0 fully saturated rings. The number of benzene rings is 1. The molecule has 2 N–H and O–H groups in total. The molecular formula is C16H20N2O. The third-order valence-electron chi connectivity index (χ3n) is 2.77. The number of nitrogens with zero attached hydrogens (tertiary/aromatic N) is 1. The van der Waals surface area contributed by atoms with Crippen LogP contribution in [-0.4, -0.2) is 22.2 Å². The first-order valence-corrected chi connectivity index (χ1v) is 6.48. The van der Waals surface area contributed by atoms with Crippen LogP contribution in [-0.2, 0) is 6.54 Å². The number of hydrogen-bond acceptors (Lipinski definition) is 3. The number of hydrogen-bond donors (Lipinski definition) is 2. The first-order chi connectivity index (χ1) is 9.04. The van der Waals surface area contributed by atoms with Crippen LogP contribution in [0.15, 0.2) is 48.7 Å². The van der Waals surface area contributed by atoms with Gasteiger partial charge in [-0.15, -0.1) is 0 Å². The molecule has 0 aliphatic heterocycles. The number of aliphatic hydroxyl groups is 1. The van der Waals surface area contributed by atoms with Crippen molar-refractivity contribution in [2.45, 2.75) is 26.0 Å². The van der Waals surface area contributed by atoms with Crippen molar-refractivity contribution >= 4 is 0 Å². The van der Waals surface area contributed by atoms with Gasteiger partial charge in [-0.2, -0.15) is 0 Å². The Morgan fingerprint density at radius 1 is 1.16 bits per heavy atom. The van der Waals surface area contributed by atoms with Gasteiger partial charge in [-0.05, 0) is 37.6 Å².